The number of pyridine rings is 1. The summed E-state index contributed by atoms with van der Waals surface area (Å²) < 4.78 is 11.5. The van der Waals surface area contributed by atoms with Crippen molar-refractivity contribution in [2.45, 2.75) is 20.0 Å². The number of morpholine rings is 1. The summed E-state index contributed by atoms with van der Waals surface area (Å²) in [7, 11) is 0. The third kappa shape index (κ3) is 3.87. The molecule has 5 nitrogen and oxygen atoms in total. The first kappa shape index (κ1) is 15.5. The molecule has 0 aliphatic carbocycles. The van der Waals surface area contributed by atoms with Gasteiger partial charge in [-0.3, -0.25) is 4.79 Å². The Kier molecular flexibility index (Phi) is 4.57. The van der Waals surface area contributed by atoms with E-state index in [2.05, 4.69) is 4.98 Å². The summed E-state index contributed by atoms with van der Waals surface area (Å²) >= 11 is 0. The van der Waals surface area contributed by atoms with Gasteiger partial charge in [-0.2, -0.15) is 0 Å². The molecule has 1 aromatic heterocycles. The number of carbonyl (C=O) groups is 1. The fourth-order valence-electron chi connectivity index (χ4n) is 2.51. The van der Waals surface area contributed by atoms with Crippen LogP contribution in [0.25, 0.3) is 0 Å². The molecule has 1 fully saturated rings. The Morgan fingerprint density at radius 2 is 2.04 bits per heavy atom. The predicted octanol–water partition coefficient (Wildman–Crippen LogP) is 3.10. The molecule has 1 aromatic carbocycles. The lowest BCUT2D eigenvalue weighted by Crippen LogP contribution is -2.41. The Bertz CT molecular complexity index is 685. The van der Waals surface area contributed by atoms with E-state index in [9.17, 15) is 4.79 Å². The maximum atomic E-state index is 11.5. The van der Waals surface area contributed by atoms with Crippen LogP contribution in [0.1, 0.15) is 24.3 Å². The minimum absolute atomic E-state index is 0.0605. The van der Waals surface area contributed by atoms with Crippen molar-refractivity contribution in [3.63, 3.8) is 0 Å². The van der Waals surface area contributed by atoms with Crippen molar-refractivity contribution in [2.24, 2.45) is 0 Å². The monoisotopic (exact) mass is 312 g/mol. The van der Waals surface area contributed by atoms with Gasteiger partial charge in [0.1, 0.15) is 11.9 Å². The summed E-state index contributed by atoms with van der Waals surface area (Å²) in [6, 6.07) is 13.4. The zero-order chi connectivity index (χ0) is 16.2. The second kappa shape index (κ2) is 6.79. The Labute approximate surface area is 135 Å². The summed E-state index contributed by atoms with van der Waals surface area (Å²) in [6.45, 7) is 5.28. The molecule has 1 saturated heterocycles. The van der Waals surface area contributed by atoms with Gasteiger partial charge in [0.25, 0.3) is 0 Å². The number of aryl methyl sites for hydroxylation is 1. The number of nitrogens with zero attached hydrogens (tertiary/aromatic N) is 2. The number of carbonyl (C=O) groups excluding carboxylic acids is 1. The fourth-order valence-corrected chi connectivity index (χ4v) is 2.51. The summed E-state index contributed by atoms with van der Waals surface area (Å²) in [4.78, 5) is 17.8. The van der Waals surface area contributed by atoms with Gasteiger partial charge in [-0.15, -0.1) is 0 Å². The maximum Gasteiger partial charge on any atom is 0.219 e. The average molecular weight is 312 g/mol. The molecule has 0 unspecified atom stereocenters. The highest BCUT2D eigenvalue weighted by atomic mass is 16.5. The molecule has 120 valence electrons. The Morgan fingerprint density at radius 1 is 1.26 bits per heavy atom. The number of aromatic nitrogens is 1. The lowest BCUT2D eigenvalue weighted by Gasteiger charge is -2.32. The molecular formula is C18H20N2O3. The lowest BCUT2D eigenvalue weighted by molar-refractivity contribution is -0.136. The van der Waals surface area contributed by atoms with E-state index in [-0.39, 0.29) is 12.0 Å². The molecule has 2 heterocycles. The van der Waals surface area contributed by atoms with Gasteiger partial charge in [0.2, 0.25) is 11.8 Å². The van der Waals surface area contributed by atoms with Gasteiger partial charge >= 0.3 is 0 Å². The van der Waals surface area contributed by atoms with Crippen molar-refractivity contribution in [2.75, 3.05) is 19.7 Å². The van der Waals surface area contributed by atoms with Gasteiger partial charge in [-0.1, -0.05) is 23.8 Å². The first-order valence-corrected chi connectivity index (χ1v) is 7.70. The zero-order valence-electron chi connectivity index (χ0n) is 13.4. The molecule has 1 amide bonds. The normalized spacial score (nSPS) is 17.8. The van der Waals surface area contributed by atoms with Crippen LogP contribution in [0.3, 0.4) is 0 Å². The Morgan fingerprint density at radius 3 is 2.78 bits per heavy atom. The van der Waals surface area contributed by atoms with Crippen molar-refractivity contribution in [3.8, 4) is 11.6 Å². The van der Waals surface area contributed by atoms with E-state index in [0.29, 0.717) is 25.6 Å². The van der Waals surface area contributed by atoms with Crippen LogP contribution in [0.15, 0.2) is 42.5 Å². The molecule has 0 saturated carbocycles. The molecule has 0 N–H and O–H groups in total. The summed E-state index contributed by atoms with van der Waals surface area (Å²) in [5, 5.41) is 0. The quantitative estimate of drug-likeness (QED) is 0.874. The topological polar surface area (TPSA) is 51.7 Å². The lowest BCUT2D eigenvalue weighted by atomic mass is 10.2. The van der Waals surface area contributed by atoms with Crippen LogP contribution < -0.4 is 4.74 Å². The van der Waals surface area contributed by atoms with E-state index in [1.165, 1.54) is 5.56 Å². The van der Waals surface area contributed by atoms with Gasteiger partial charge in [-0.05, 0) is 25.1 Å². The van der Waals surface area contributed by atoms with Crippen molar-refractivity contribution < 1.29 is 14.3 Å². The summed E-state index contributed by atoms with van der Waals surface area (Å²) in [5.74, 6) is 1.33. The largest absolute Gasteiger partial charge is 0.439 e. The van der Waals surface area contributed by atoms with E-state index in [4.69, 9.17) is 9.47 Å². The highest BCUT2D eigenvalue weighted by molar-refractivity contribution is 5.73. The smallest absolute Gasteiger partial charge is 0.219 e. The van der Waals surface area contributed by atoms with Crippen molar-refractivity contribution in [1.29, 1.82) is 0 Å². The van der Waals surface area contributed by atoms with Gasteiger partial charge in [-0.25, -0.2) is 4.98 Å². The van der Waals surface area contributed by atoms with Gasteiger partial charge in [0.05, 0.1) is 18.8 Å². The van der Waals surface area contributed by atoms with Crippen molar-refractivity contribution in [3.05, 3.63) is 53.7 Å². The summed E-state index contributed by atoms with van der Waals surface area (Å²) in [6.07, 6.45) is -0.214. The minimum Gasteiger partial charge on any atom is -0.439 e. The highest BCUT2D eigenvalue weighted by Gasteiger charge is 2.24. The molecule has 0 spiro atoms. The number of ether oxygens (including phenoxy) is 2. The second-order valence-corrected chi connectivity index (χ2v) is 5.64. The highest BCUT2D eigenvalue weighted by Crippen LogP contribution is 2.25. The molecule has 0 bridgehead atoms. The number of hydrogen-bond acceptors (Lipinski definition) is 4. The van der Waals surface area contributed by atoms with Crippen molar-refractivity contribution >= 4 is 5.91 Å². The van der Waals surface area contributed by atoms with Crippen LogP contribution in [-0.2, 0) is 9.53 Å². The average Bonchev–Trinajstić information content (AvgIpc) is 2.57. The van der Waals surface area contributed by atoms with Crippen molar-refractivity contribution in [1.82, 2.24) is 9.88 Å². The zero-order valence-corrected chi connectivity index (χ0v) is 13.4. The molecule has 23 heavy (non-hydrogen) atoms. The molecule has 0 radical (unpaired) electrons. The first-order valence-electron chi connectivity index (χ1n) is 7.70. The van der Waals surface area contributed by atoms with Crippen LogP contribution in [0.5, 0.6) is 11.6 Å². The van der Waals surface area contributed by atoms with E-state index >= 15 is 0 Å². The van der Waals surface area contributed by atoms with E-state index in [1.54, 1.807) is 11.8 Å². The second-order valence-electron chi connectivity index (χ2n) is 5.64. The number of rotatable bonds is 3. The van der Waals surface area contributed by atoms with Gasteiger partial charge in [0, 0.05) is 19.5 Å². The molecule has 5 heteroatoms. The van der Waals surface area contributed by atoms with Gasteiger partial charge < -0.3 is 14.4 Å². The van der Waals surface area contributed by atoms with Crippen LogP contribution in [0.4, 0.5) is 0 Å². The van der Waals surface area contributed by atoms with Crippen LogP contribution in [-0.4, -0.2) is 35.5 Å². The van der Waals surface area contributed by atoms with E-state index in [0.717, 1.165) is 11.4 Å². The van der Waals surface area contributed by atoms with E-state index < -0.39 is 0 Å². The Balaban J connectivity index is 1.74. The number of hydrogen-bond donors (Lipinski definition) is 0. The summed E-state index contributed by atoms with van der Waals surface area (Å²) in [5.41, 5.74) is 1.96. The standard InChI is InChI=1S/C18H20N2O3/c1-13-6-8-15(9-7-13)23-18-5-3-4-16(19-18)17-12-20(14(2)21)10-11-22-17/h3-9,17H,10-12H2,1-2H3/t17-/m1/s1. The molecule has 3 rings (SSSR count). The van der Waals surface area contributed by atoms with Crippen LogP contribution in [0, 0.1) is 6.92 Å². The predicted molar refractivity (Wildman–Crippen MR) is 86.4 cm³/mol. The maximum absolute atomic E-state index is 11.5. The molecule has 1 aliphatic heterocycles. The van der Waals surface area contributed by atoms with Crippen LogP contribution >= 0.6 is 0 Å². The molecular weight excluding hydrogens is 292 g/mol. The molecule has 1 aliphatic rings. The first-order chi connectivity index (χ1) is 11.1. The third-order valence-corrected chi connectivity index (χ3v) is 3.83. The third-order valence-electron chi connectivity index (χ3n) is 3.83. The fraction of sp³-hybridized carbons (Fsp3) is 0.333. The van der Waals surface area contributed by atoms with Gasteiger partial charge in [0.15, 0.2) is 0 Å². The SMILES string of the molecule is CC(=O)N1CCO[C@@H](c2cccc(Oc3ccc(C)cc3)n2)C1. The molecule has 1 atom stereocenters. The number of benzene rings is 1. The minimum atomic E-state index is -0.214. The van der Waals surface area contributed by atoms with Crippen LogP contribution in [0.2, 0.25) is 0 Å². The van der Waals surface area contributed by atoms with E-state index in [1.807, 2.05) is 49.4 Å². The molecule has 2 aromatic rings. The number of amides is 1. The Hall–Kier alpha value is -2.40.